The van der Waals surface area contributed by atoms with Gasteiger partial charge in [0.1, 0.15) is 0 Å². The fraction of sp³-hybridized carbons (Fsp3) is 0.286. The largest absolute Gasteiger partial charge is 0.408 e. The maximum atomic E-state index is 11.4. The molecule has 17 heavy (non-hydrogen) atoms. The van der Waals surface area contributed by atoms with Crippen molar-refractivity contribution < 1.29 is 9.21 Å². The molecular weight excluding hydrogens is 246 g/mol. The highest BCUT2D eigenvalue weighted by Crippen LogP contribution is 2.13. The minimum Gasteiger partial charge on any atom is -0.408 e. The van der Waals surface area contributed by atoms with E-state index in [1.54, 1.807) is 6.92 Å². The van der Waals surface area contributed by atoms with Crippen LogP contribution >= 0.6 is 11.8 Å². The van der Waals surface area contributed by atoms with Crippen LogP contribution in [0.5, 0.6) is 0 Å². The molecule has 2 rings (SSSR count). The summed E-state index contributed by atoms with van der Waals surface area (Å²) >= 11 is 1.14. The summed E-state index contributed by atoms with van der Waals surface area (Å²) in [4.78, 5) is 15.3. The zero-order valence-electron chi connectivity index (χ0n) is 8.80. The Hall–Kier alpha value is -2.10. The fourth-order valence-corrected chi connectivity index (χ4v) is 1.56. The summed E-state index contributed by atoms with van der Waals surface area (Å²) in [5, 5.41) is 16.3. The first-order valence-corrected chi connectivity index (χ1v) is 5.52. The molecule has 0 aromatic carbocycles. The Kier molecular flexibility index (Phi) is 3.23. The van der Waals surface area contributed by atoms with Crippen LogP contribution in [0.3, 0.4) is 0 Å². The number of nitrogens with zero attached hydrogens (tertiary/aromatic N) is 4. The third kappa shape index (κ3) is 3.17. The number of nitrogens with two attached hydrogens (primary N) is 1. The van der Waals surface area contributed by atoms with Gasteiger partial charge in [-0.2, -0.15) is 4.98 Å². The van der Waals surface area contributed by atoms with E-state index in [0.717, 1.165) is 11.8 Å². The highest BCUT2D eigenvalue weighted by molar-refractivity contribution is 7.99. The van der Waals surface area contributed by atoms with E-state index in [1.807, 2.05) is 0 Å². The number of aromatic nitrogens is 5. The molecule has 1 amide bonds. The van der Waals surface area contributed by atoms with Gasteiger partial charge in [-0.05, 0) is 0 Å². The summed E-state index contributed by atoms with van der Waals surface area (Å²) in [6.45, 7) is 1.63. The number of aromatic amines is 1. The van der Waals surface area contributed by atoms with Crippen molar-refractivity contribution in [3.8, 4) is 0 Å². The summed E-state index contributed by atoms with van der Waals surface area (Å²) in [5.74, 6) is 0.427. The van der Waals surface area contributed by atoms with Crippen LogP contribution in [0.2, 0.25) is 0 Å². The number of hydrogen-bond donors (Lipinski definition) is 3. The number of aryl methyl sites for hydroxylation is 1. The second-order valence-corrected chi connectivity index (χ2v) is 3.91. The van der Waals surface area contributed by atoms with Crippen molar-refractivity contribution >= 4 is 29.6 Å². The number of carbonyl (C=O) groups is 1. The quantitative estimate of drug-likeness (QED) is 0.639. The number of nitrogens with one attached hydrogen (secondary N) is 2. The summed E-state index contributed by atoms with van der Waals surface area (Å²) in [6.07, 6.45) is 0. The molecule has 0 spiro atoms. The van der Waals surface area contributed by atoms with Crippen LogP contribution in [-0.4, -0.2) is 37.0 Å². The molecule has 90 valence electrons. The normalized spacial score (nSPS) is 10.4. The zero-order chi connectivity index (χ0) is 12.3. The van der Waals surface area contributed by atoms with E-state index in [-0.39, 0.29) is 23.6 Å². The van der Waals surface area contributed by atoms with Gasteiger partial charge in [0, 0.05) is 6.92 Å². The highest BCUT2D eigenvalue weighted by atomic mass is 32.2. The standard InChI is InChI=1S/C7H9N7O2S/c1-3-11-13-6(16-3)9-4(15)2-17-7-10-5(8)12-14-7/h2H2,1H3,(H,9,13,15)(H3,8,10,12,14). The monoisotopic (exact) mass is 255 g/mol. The first-order chi connectivity index (χ1) is 8.13. The molecule has 0 fully saturated rings. The van der Waals surface area contributed by atoms with Gasteiger partial charge >= 0.3 is 6.01 Å². The summed E-state index contributed by atoms with van der Waals surface area (Å²) in [6, 6.07) is 0.0719. The SMILES string of the molecule is Cc1nnc(NC(=O)CSc2n[nH]c(N)n2)o1. The summed E-state index contributed by atoms with van der Waals surface area (Å²) < 4.78 is 4.99. The molecule has 0 saturated heterocycles. The lowest BCUT2D eigenvalue weighted by atomic mass is 10.7. The Balaban J connectivity index is 1.82. The van der Waals surface area contributed by atoms with Crippen molar-refractivity contribution in [2.75, 3.05) is 16.8 Å². The van der Waals surface area contributed by atoms with Gasteiger partial charge in [0.25, 0.3) is 0 Å². The van der Waals surface area contributed by atoms with Crippen LogP contribution in [-0.2, 0) is 4.79 Å². The van der Waals surface area contributed by atoms with Crippen LogP contribution in [0.1, 0.15) is 5.89 Å². The van der Waals surface area contributed by atoms with Crippen LogP contribution in [0.4, 0.5) is 12.0 Å². The molecule has 0 aliphatic carbocycles. The average Bonchev–Trinajstić information content (AvgIpc) is 2.85. The smallest absolute Gasteiger partial charge is 0.322 e. The van der Waals surface area contributed by atoms with Gasteiger partial charge in [0.05, 0.1) is 5.75 Å². The first kappa shape index (κ1) is 11.4. The summed E-state index contributed by atoms with van der Waals surface area (Å²) in [5.41, 5.74) is 5.33. The predicted molar refractivity (Wildman–Crippen MR) is 59.2 cm³/mol. The molecule has 0 aliphatic rings. The minimum absolute atomic E-state index is 0.0719. The molecule has 0 unspecified atom stereocenters. The number of amides is 1. The second kappa shape index (κ2) is 4.82. The van der Waals surface area contributed by atoms with Crippen molar-refractivity contribution in [3.05, 3.63) is 5.89 Å². The molecule has 9 nitrogen and oxygen atoms in total. The number of carbonyl (C=O) groups excluding carboxylic acids is 1. The van der Waals surface area contributed by atoms with Gasteiger partial charge in [0.15, 0.2) is 0 Å². The molecule has 0 saturated carbocycles. The summed E-state index contributed by atoms with van der Waals surface area (Å²) in [7, 11) is 0. The van der Waals surface area contributed by atoms with Crippen LogP contribution in [0.15, 0.2) is 9.57 Å². The van der Waals surface area contributed by atoms with Gasteiger partial charge in [-0.25, -0.2) is 5.10 Å². The highest BCUT2D eigenvalue weighted by Gasteiger charge is 2.10. The maximum absolute atomic E-state index is 11.4. The third-order valence-electron chi connectivity index (χ3n) is 1.59. The van der Waals surface area contributed by atoms with E-state index < -0.39 is 0 Å². The lowest BCUT2D eigenvalue weighted by molar-refractivity contribution is -0.113. The van der Waals surface area contributed by atoms with Gasteiger partial charge in [-0.15, -0.1) is 10.2 Å². The van der Waals surface area contributed by atoms with E-state index in [2.05, 4.69) is 30.7 Å². The molecule has 0 bridgehead atoms. The topological polar surface area (TPSA) is 136 Å². The van der Waals surface area contributed by atoms with Crippen molar-refractivity contribution in [2.45, 2.75) is 12.1 Å². The second-order valence-electron chi connectivity index (χ2n) is 2.97. The van der Waals surface area contributed by atoms with Gasteiger partial charge < -0.3 is 10.2 Å². The molecule has 0 radical (unpaired) electrons. The number of H-pyrrole nitrogens is 1. The van der Waals surface area contributed by atoms with Gasteiger partial charge in [-0.1, -0.05) is 16.9 Å². The van der Waals surface area contributed by atoms with Crippen LogP contribution < -0.4 is 11.1 Å². The van der Waals surface area contributed by atoms with Crippen LogP contribution in [0.25, 0.3) is 0 Å². The predicted octanol–water partition coefficient (Wildman–Crippen LogP) is -0.191. The molecule has 2 aromatic rings. The molecule has 10 heteroatoms. The molecule has 4 N–H and O–H groups in total. The zero-order valence-corrected chi connectivity index (χ0v) is 9.61. The maximum Gasteiger partial charge on any atom is 0.322 e. The number of nitrogen functional groups attached to an aromatic ring is 1. The Morgan fingerprint density at radius 2 is 2.41 bits per heavy atom. The first-order valence-electron chi connectivity index (χ1n) is 4.54. The molecule has 0 atom stereocenters. The van der Waals surface area contributed by atoms with Crippen molar-refractivity contribution in [1.82, 2.24) is 25.4 Å². The third-order valence-corrected chi connectivity index (χ3v) is 2.43. The van der Waals surface area contributed by atoms with Gasteiger partial charge in [0.2, 0.25) is 22.9 Å². The number of hydrogen-bond acceptors (Lipinski definition) is 8. The van der Waals surface area contributed by atoms with E-state index in [1.165, 1.54) is 0 Å². The van der Waals surface area contributed by atoms with Crippen molar-refractivity contribution in [1.29, 1.82) is 0 Å². The number of anilines is 2. The lowest BCUT2D eigenvalue weighted by Crippen LogP contribution is -2.14. The van der Waals surface area contributed by atoms with E-state index in [0.29, 0.717) is 11.0 Å². The number of rotatable bonds is 4. The van der Waals surface area contributed by atoms with Crippen LogP contribution in [0, 0.1) is 6.92 Å². The van der Waals surface area contributed by atoms with E-state index in [4.69, 9.17) is 10.2 Å². The molecule has 0 aliphatic heterocycles. The number of thioether (sulfide) groups is 1. The Morgan fingerprint density at radius 1 is 1.59 bits per heavy atom. The van der Waals surface area contributed by atoms with Gasteiger partial charge in [-0.3, -0.25) is 10.1 Å². The van der Waals surface area contributed by atoms with Crippen molar-refractivity contribution in [2.24, 2.45) is 0 Å². The lowest BCUT2D eigenvalue weighted by Gasteiger charge is -1.97. The molecule has 2 aromatic heterocycles. The Bertz CT molecular complexity index is 522. The average molecular weight is 255 g/mol. The Morgan fingerprint density at radius 3 is 3.00 bits per heavy atom. The molecular formula is C7H9N7O2S. The minimum atomic E-state index is -0.290. The fourth-order valence-electron chi connectivity index (χ4n) is 0.955. The van der Waals surface area contributed by atoms with E-state index >= 15 is 0 Å². The molecule has 2 heterocycles. The Labute approximate surface area is 99.6 Å². The van der Waals surface area contributed by atoms with Crippen molar-refractivity contribution in [3.63, 3.8) is 0 Å². The van der Waals surface area contributed by atoms with E-state index in [9.17, 15) is 4.79 Å².